The van der Waals surface area contributed by atoms with Crippen LogP contribution in [0.15, 0.2) is 22.8 Å². The Morgan fingerprint density at radius 2 is 1.82 bits per heavy atom. The van der Waals surface area contributed by atoms with Crippen LogP contribution in [0.3, 0.4) is 0 Å². The van der Waals surface area contributed by atoms with Crippen molar-refractivity contribution in [1.29, 1.82) is 0 Å². The molecule has 5 rings (SSSR count). The summed E-state index contributed by atoms with van der Waals surface area (Å²) < 4.78 is 5.92. The van der Waals surface area contributed by atoms with Gasteiger partial charge in [0.2, 0.25) is 0 Å². The van der Waals surface area contributed by atoms with E-state index in [1.807, 2.05) is 6.92 Å². The minimum Gasteiger partial charge on any atom is -0.454 e. The van der Waals surface area contributed by atoms with Crippen LogP contribution in [-0.2, 0) is 14.3 Å². The van der Waals surface area contributed by atoms with Crippen molar-refractivity contribution < 1.29 is 24.5 Å². The molecule has 0 radical (unpaired) electrons. The first kappa shape index (κ1) is 24.2. The van der Waals surface area contributed by atoms with Crippen molar-refractivity contribution in [1.82, 2.24) is 0 Å². The summed E-state index contributed by atoms with van der Waals surface area (Å²) in [4.78, 5) is 26.9. The topological polar surface area (TPSA) is 83.8 Å². The first-order valence-corrected chi connectivity index (χ1v) is 13.4. The number of ketones is 1. The van der Waals surface area contributed by atoms with E-state index in [0.717, 1.165) is 43.3 Å². The van der Waals surface area contributed by atoms with E-state index in [-0.39, 0.29) is 52.4 Å². The Labute approximate surface area is 204 Å². The van der Waals surface area contributed by atoms with E-state index in [1.165, 1.54) is 5.57 Å². The molecule has 0 saturated heterocycles. The van der Waals surface area contributed by atoms with Gasteiger partial charge in [-0.25, -0.2) is 4.79 Å². The van der Waals surface area contributed by atoms with Crippen LogP contribution in [0, 0.1) is 39.9 Å². The van der Waals surface area contributed by atoms with E-state index in [4.69, 9.17) is 4.74 Å². The van der Waals surface area contributed by atoms with E-state index in [2.05, 4.69) is 40.7 Å². The number of fused-ring (bicyclic) bond motifs is 7. The third-order valence-electron chi connectivity index (χ3n) is 11.3. The second-order valence-corrected chi connectivity index (χ2v) is 13.0. The lowest BCUT2D eigenvalue weighted by molar-refractivity contribution is -0.222. The second kappa shape index (κ2) is 7.77. The SMILES string of the molecule is CC(C)=CCCC1=C2[C@H]3CC[C@@H]4[C@@]5(C)CC[C@H](O)[C@H](C)[C@H]5[C@@H](O)C(=O)[C@]4(C)[C@@]3(C)C[C@H]2OC1=O. The Bertz CT molecular complexity index is 975. The van der Waals surface area contributed by atoms with E-state index >= 15 is 0 Å². The highest BCUT2D eigenvalue weighted by Gasteiger charge is 2.74. The van der Waals surface area contributed by atoms with Gasteiger partial charge in [0.1, 0.15) is 12.2 Å². The summed E-state index contributed by atoms with van der Waals surface area (Å²) in [5.74, 6) is -0.239. The molecule has 0 amide bonds. The Hall–Kier alpha value is -1.46. The van der Waals surface area contributed by atoms with Crippen LogP contribution in [0.2, 0.25) is 0 Å². The van der Waals surface area contributed by atoms with Crippen molar-refractivity contribution in [3.63, 3.8) is 0 Å². The molecule has 0 spiro atoms. The van der Waals surface area contributed by atoms with Gasteiger partial charge in [0.25, 0.3) is 0 Å². The van der Waals surface area contributed by atoms with Crippen LogP contribution < -0.4 is 0 Å². The largest absolute Gasteiger partial charge is 0.454 e. The van der Waals surface area contributed by atoms with Gasteiger partial charge in [0, 0.05) is 16.9 Å². The lowest BCUT2D eigenvalue weighted by Gasteiger charge is -2.67. The zero-order chi connectivity index (χ0) is 24.8. The summed E-state index contributed by atoms with van der Waals surface area (Å²) in [6.45, 7) is 12.7. The summed E-state index contributed by atoms with van der Waals surface area (Å²) in [5, 5.41) is 22.0. The maximum Gasteiger partial charge on any atom is 0.334 e. The molecule has 0 bridgehead atoms. The Morgan fingerprint density at radius 1 is 1.12 bits per heavy atom. The van der Waals surface area contributed by atoms with Crippen LogP contribution in [0.4, 0.5) is 0 Å². The lowest BCUT2D eigenvalue weighted by atomic mass is 9.36. The second-order valence-electron chi connectivity index (χ2n) is 13.0. The molecule has 0 aromatic rings. The number of aliphatic hydroxyl groups is 2. The number of carbonyl (C=O) groups excluding carboxylic acids is 2. The average Bonchev–Trinajstić information content (AvgIpc) is 3.21. The van der Waals surface area contributed by atoms with Crippen molar-refractivity contribution >= 4 is 11.8 Å². The monoisotopic (exact) mass is 470 g/mol. The standard InChI is InChI=1S/C29H42O5/c1-15(2)8-7-9-17-22-18-10-11-21-27(4)13-12-19(30)16(3)23(27)24(31)25(32)29(21,6)28(18,5)14-20(22)34-26(17)33/h8,16,18-21,23-24,30-31H,7,9-14H2,1-6H3/t16-,18+,19-,20+,21+,23-,24+,27+,28-,29+/m0/s1. The van der Waals surface area contributed by atoms with Gasteiger partial charge in [-0.1, -0.05) is 39.3 Å². The summed E-state index contributed by atoms with van der Waals surface area (Å²) in [5.41, 5.74) is 2.00. The molecule has 0 aromatic carbocycles. The van der Waals surface area contributed by atoms with Gasteiger partial charge in [-0.05, 0) is 93.0 Å². The summed E-state index contributed by atoms with van der Waals surface area (Å²) in [7, 11) is 0. The van der Waals surface area contributed by atoms with Gasteiger partial charge >= 0.3 is 5.97 Å². The van der Waals surface area contributed by atoms with Crippen LogP contribution in [0.25, 0.3) is 0 Å². The molecule has 1 heterocycles. The summed E-state index contributed by atoms with van der Waals surface area (Å²) in [6, 6.07) is 0. The number of esters is 1. The summed E-state index contributed by atoms with van der Waals surface area (Å²) >= 11 is 0. The predicted molar refractivity (Wildman–Crippen MR) is 130 cm³/mol. The van der Waals surface area contributed by atoms with Gasteiger partial charge in [-0.2, -0.15) is 0 Å². The van der Waals surface area contributed by atoms with Crippen molar-refractivity contribution in [2.24, 2.45) is 39.9 Å². The number of carbonyl (C=O) groups is 2. The number of ether oxygens (including phenoxy) is 1. The molecule has 188 valence electrons. The van der Waals surface area contributed by atoms with Gasteiger partial charge in [0.15, 0.2) is 5.78 Å². The van der Waals surface area contributed by atoms with Crippen molar-refractivity contribution in [3.8, 4) is 0 Å². The van der Waals surface area contributed by atoms with Crippen molar-refractivity contribution in [3.05, 3.63) is 22.8 Å². The molecule has 4 aliphatic carbocycles. The van der Waals surface area contributed by atoms with Crippen LogP contribution in [0.5, 0.6) is 0 Å². The maximum atomic E-state index is 14.1. The molecule has 4 fully saturated rings. The smallest absolute Gasteiger partial charge is 0.334 e. The molecule has 0 unspecified atom stereocenters. The van der Waals surface area contributed by atoms with Crippen LogP contribution in [0.1, 0.15) is 86.5 Å². The highest BCUT2D eigenvalue weighted by molar-refractivity contribution is 5.94. The fourth-order valence-electron chi connectivity index (χ4n) is 9.55. The summed E-state index contributed by atoms with van der Waals surface area (Å²) in [6.07, 6.45) is 6.02. The molecule has 4 saturated carbocycles. The Balaban J connectivity index is 1.57. The zero-order valence-electron chi connectivity index (χ0n) is 21.7. The van der Waals surface area contributed by atoms with Crippen LogP contribution >= 0.6 is 0 Å². The number of hydrogen-bond donors (Lipinski definition) is 2. The molecular formula is C29H42O5. The number of hydrogen-bond acceptors (Lipinski definition) is 5. The van der Waals surface area contributed by atoms with E-state index in [1.54, 1.807) is 0 Å². The van der Waals surface area contributed by atoms with E-state index < -0.39 is 17.6 Å². The van der Waals surface area contributed by atoms with Gasteiger partial charge in [-0.3, -0.25) is 4.79 Å². The van der Waals surface area contributed by atoms with Gasteiger partial charge in [0.05, 0.1) is 6.10 Å². The molecule has 5 heteroatoms. The molecule has 1 aliphatic heterocycles. The van der Waals surface area contributed by atoms with E-state index in [9.17, 15) is 19.8 Å². The molecule has 34 heavy (non-hydrogen) atoms. The highest BCUT2D eigenvalue weighted by Crippen LogP contribution is 2.73. The molecule has 5 nitrogen and oxygen atoms in total. The molecular weight excluding hydrogens is 428 g/mol. The average molecular weight is 471 g/mol. The third-order valence-corrected chi connectivity index (χ3v) is 11.3. The fraction of sp³-hybridized carbons (Fsp3) is 0.793. The molecule has 5 aliphatic rings. The number of Topliss-reactive ketones (excluding diaryl/α,β-unsaturated/α-hetero) is 1. The minimum absolute atomic E-state index is 0.0499. The quantitative estimate of drug-likeness (QED) is 0.459. The first-order valence-electron chi connectivity index (χ1n) is 13.4. The third kappa shape index (κ3) is 2.92. The highest BCUT2D eigenvalue weighted by atomic mass is 16.5. The Morgan fingerprint density at radius 3 is 2.50 bits per heavy atom. The van der Waals surface area contributed by atoms with Crippen molar-refractivity contribution in [2.45, 2.75) is 105 Å². The van der Waals surface area contributed by atoms with E-state index in [0.29, 0.717) is 12.8 Å². The van der Waals surface area contributed by atoms with Crippen molar-refractivity contribution in [2.75, 3.05) is 0 Å². The minimum atomic E-state index is -1.05. The van der Waals surface area contributed by atoms with Gasteiger partial charge in [-0.15, -0.1) is 0 Å². The zero-order valence-corrected chi connectivity index (χ0v) is 21.7. The molecule has 0 aromatic heterocycles. The molecule has 2 N–H and O–H groups in total. The lowest BCUT2D eigenvalue weighted by Crippen LogP contribution is -2.70. The van der Waals surface area contributed by atoms with Gasteiger partial charge < -0.3 is 14.9 Å². The number of aliphatic hydroxyl groups excluding tert-OH is 2. The normalized spacial score (nSPS) is 49.7. The number of allylic oxidation sites excluding steroid dienone is 2. The fourth-order valence-corrected chi connectivity index (χ4v) is 9.55. The maximum absolute atomic E-state index is 14.1. The Kier molecular flexibility index (Phi) is 5.54. The van der Waals surface area contributed by atoms with Crippen LogP contribution in [-0.4, -0.2) is 40.3 Å². The predicted octanol–water partition coefficient (Wildman–Crippen LogP) is 4.75. The first-order chi connectivity index (χ1) is 15.9. The number of rotatable bonds is 3. The molecule has 10 atom stereocenters.